The highest BCUT2D eigenvalue weighted by atomic mass is 79.9. The van der Waals surface area contributed by atoms with E-state index < -0.39 is 0 Å². The Bertz CT molecular complexity index is 1190. The van der Waals surface area contributed by atoms with Gasteiger partial charge >= 0.3 is 0 Å². The number of thiazole rings is 1. The summed E-state index contributed by atoms with van der Waals surface area (Å²) in [6.07, 6.45) is 0. The number of hydrogen-bond donors (Lipinski definition) is 1. The van der Waals surface area contributed by atoms with Crippen LogP contribution in [0.4, 0.5) is 5.13 Å². The number of amides is 1. The third-order valence-corrected chi connectivity index (χ3v) is 5.67. The van der Waals surface area contributed by atoms with Gasteiger partial charge in [0.25, 0.3) is 5.91 Å². The number of carbonyl (C=O) groups is 1. The van der Waals surface area contributed by atoms with Gasteiger partial charge < -0.3 is 4.74 Å². The van der Waals surface area contributed by atoms with E-state index in [0.29, 0.717) is 22.3 Å². The van der Waals surface area contributed by atoms with Crippen molar-refractivity contribution in [3.8, 4) is 17.0 Å². The standard InChI is InChI=1S/C21H19BrN6O2S/c1-13(2)28-19(25-26-27-28)11-30-17-5-3-4-15(10-17)20(29)24-21-23-18(12-31-21)14-6-8-16(22)9-7-14/h3-10,12-13H,11H2,1-2H3,(H,23,24,29). The van der Waals surface area contributed by atoms with Crippen molar-refractivity contribution in [1.29, 1.82) is 0 Å². The minimum atomic E-state index is -0.255. The van der Waals surface area contributed by atoms with E-state index in [1.807, 2.05) is 43.5 Å². The molecule has 2 heterocycles. The average Bonchev–Trinajstić information content (AvgIpc) is 3.43. The second kappa shape index (κ2) is 9.36. The second-order valence-corrected chi connectivity index (χ2v) is 8.72. The molecule has 4 rings (SSSR count). The molecular weight excluding hydrogens is 480 g/mol. The minimum absolute atomic E-state index is 0.131. The summed E-state index contributed by atoms with van der Waals surface area (Å²) >= 11 is 4.80. The van der Waals surface area contributed by atoms with Crippen LogP contribution < -0.4 is 10.1 Å². The molecule has 0 bridgehead atoms. The van der Waals surface area contributed by atoms with E-state index in [4.69, 9.17) is 4.74 Å². The number of benzene rings is 2. The van der Waals surface area contributed by atoms with Crippen molar-refractivity contribution in [3.05, 3.63) is 69.8 Å². The lowest BCUT2D eigenvalue weighted by Gasteiger charge is -2.10. The molecule has 1 N–H and O–H groups in total. The Labute approximate surface area is 191 Å². The number of rotatable bonds is 7. The first-order chi connectivity index (χ1) is 15.0. The average molecular weight is 499 g/mol. The van der Waals surface area contributed by atoms with E-state index >= 15 is 0 Å². The molecule has 0 radical (unpaired) electrons. The fourth-order valence-corrected chi connectivity index (χ4v) is 3.82. The third-order valence-electron chi connectivity index (χ3n) is 4.38. The van der Waals surface area contributed by atoms with Crippen molar-refractivity contribution >= 4 is 38.3 Å². The van der Waals surface area contributed by atoms with E-state index in [1.165, 1.54) is 11.3 Å². The summed E-state index contributed by atoms with van der Waals surface area (Å²) in [7, 11) is 0. The molecule has 0 aliphatic heterocycles. The molecule has 10 heteroatoms. The molecule has 31 heavy (non-hydrogen) atoms. The number of nitrogens with zero attached hydrogens (tertiary/aromatic N) is 5. The third kappa shape index (κ3) is 5.15. The van der Waals surface area contributed by atoms with Gasteiger partial charge in [0.15, 0.2) is 11.0 Å². The summed E-state index contributed by atoms with van der Waals surface area (Å²) in [6, 6.07) is 15.0. The summed E-state index contributed by atoms with van der Waals surface area (Å²) in [5.74, 6) is 0.919. The first-order valence-corrected chi connectivity index (χ1v) is 11.2. The quantitative estimate of drug-likeness (QED) is 0.386. The second-order valence-electron chi connectivity index (χ2n) is 6.95. The number of tetrazole rings is 1. The Hall–Kier alpha value is -3.11. The highest BCUT2D eigenvalue weighted by Crippen LogP contribution is 2.26. The van der Waals surface area contributed by atoms with E-state index in [0.717, 1.165) is 15.7 Å². The van der Waals surface area contributed by atoms with Crippen molar-refractivity contribution in [2.45, 2.75) is 26.5 Å². The Balaban J connectivity index is 1.41. The van der Waals surface area contributed by atoms with Crippen LogP contribution in [0.25, 0.3) is 11.3 Å². The normalized spacial score (nSPS) is 11.0. The number of nitrogens with one attached hydrogen (secondary N) is 1. The van der Waals surface area contributed by atoms with Crippen LogP contribution in [0.2, 0.25) is 0 Å². The molecule has 0 aliphatic carbocycles. The van der Waals surface area contributed by atoms with Gasteiger partial charge in [0.05, 0.1) is 11.7 Å². The highest BCUT2D eigenvalue weighted by Gasteiger charge is 2.13. The van der Waals surface area contributed by atoms with Gasteiger partial charge in [-0.3, -0.25) is 10.1 Å². The Morgan fingerprint density at radius 3 is 2.81 bits per heavy atom. The zero-order valence-electron chi connectivity index (χ0n) is 16.8. The van der Waals surface area contributed by atoms with E-state index in [2.05, 4.69) is 41.8 Å². The number of anilines is 1. The molecule has 0 saturated heterocycles. The van der Waals surface area contributed by atoms with Crippen LogP contribution >= 0.6 is 27.3 Å². The summed E-state index contributed by atoms with van der Waals surface area (Å²) in [5.41, 5.74) is 2.27. The molecular formula is C21H19BrN6O2S. The van der Waals surface area contributed by atoms with Gasteiger partial charge in [-0.25, -0.2) is 9.67 Å². The van der Waals surface area contributed by atoms with Crippen LogP contribution in [-0.4, -0.2) is 31.1 Å². The highest BCUT2D eigenvalue weighted by molar-refractivity contribution is 9.10. The lowest BCUT2D eigenvalue weighted by molar-refractivity contribution is 0.102. The van der Waals surface area contributed by atoms with Crippen LogP contribution in [0, 0.1) is 0 Å². The van der Waals surface area contributed by atoms with Crippen LogP contribution in [0.5, 0.6) is 5.75 Å². The predicted octanol–water partition coefficient (Wildman–Crippen LogP) is 4.97. The Morgan fingerprint density at radius 1 is 1.23 bits per heavy atom. The largest absolute Gasteiger partial charge is 0.486 e. The van der Waals surface area contributed by atoms with E-state index in [1.54, 1.807) is 28.9 Å². The molecule has 158 valence electrons. The van der Waals surface area contributed by atoms with Crippen molar-refractivity contribution in [2.75, 3.05) is 5.32 Å². The molecule has 0 saturated carbocycles. The smallest absolute Gasteiger partial charge is 0.257 e. The molecule has 0 aliphatic rings. The molecule has 8 nitrogen and oxygen atoms in total. The number of aromatic nitrogens is 5. The van der Waals surface area contributed by atoms with Crippen LogP contribution in [0.15, 0.2) is 58.4 Å². The topological polar surface area (TPSA) is 94.8 Å². The van der Waals surface area contributed by atoms with Crippen LogP contribution in [0.3, 0.4) is 0 Å². The maximum absolute atomic E-state index is 12.7. The first kappa shape index (κ1) is 21.1. The molecule has 0 unspecified atom stereocenters. The summed E-state index contributed by atoms with van der Waals surface area (Å²) < 4.78 is 8.49. The Kier molecular flexibility index (Phi) is 6.38. The maximum atomic E-state index is 12.7. The Morgan fingerprint density at radius 2 is 2.03 bits per heavy atom. The number of halogens is 1. The molecule has 0 spiro atoms. The molecule has 2 aromatic carbocycles. The zero-order valence-corrected chi connectivity index (χ0v) is 19.2. The van der Waals surface area contributed by atoms with E-state index in [9.17, 15) is 4.79 Å². The lowest BCUT2D eigenvalue weighted by atomic mass is 10.2. The minimum Gasteiger partial charge on any atom is -0.486 e. The zero-order chi connectivity index (χ0) is 21.8. The predicted molar refractivity (Wildman–Crippen MR) is 122 cm³/mol. The van der Waals surface area contributed by atoms with Gasteiger partial charge in [-0.15, -0.1) is 16.4 Å². The molecule has 2 aromatic heterocycles. The first-order valence-electron chi connectivity index (χ1n) is 9.52. The van der Waals surface area contributed by atoms with Gasteiger partial charge in [-0.1, -0.05) is 34.1 Å². The number of carbonyl (C=O) groups excluding carboxylic acids is 1. The van der Waals surface area contributed by atoms with Gasteiger partial charge in [0.2, 0.25) is 0 Å². The van der Waals surface area contributed by atoms with Crippen molar-refractivity contribution in [1.82, 2.24) is 25.2 Å². The lowest BCUT2D eigenvalue weighted by Crippen LogP contribution is -2.12. The van der Waals surface area contributed by atoms with Gasteiger partial charge in [0, 0.05) is 21.0 Å². The van der Waals surface area contributed by atoms with Crippen LogP contribution in [0.1, 0.15) is 36.1 Å². The molecule has 0 fully saturated rings. The fourth-order valence-electron chi connectivity index (χ4n) is 2.84. The maximum Gasteiger partial charge on any atom is 0.257 e. The molecule has 0 atom stereocenters. The van der Waals surface area contributed by atoms with Gasteiger partial charge in [0.1, 0.15) is 12.4 Å². The molecule has 4 aromatic rings. The van der Waals surface area contributed by atoms with Gasteiger partial charge in [-0.2, -0.15) is 0 Å². The van der Waals surface area contributed by atoms with E-state index in [-0.39, 0.29) is 18.6 Å². The van der Waals surface area contributed by atoms with Crippen molar-refractivity contribution in [2.24, 2.45) is 0 Å². The van der Waals surface area contributed by atoms with Crippen LogP contribution in [-0.2, 0) is 6.61 Å². The van der Waals surface area contributed by atoms with Crippen molar-refractivity contribution in [3.63, 3.8) is 0 Å². The number of ether oxygens (including phenoxy) is 1. The molecule has 1 amide bonds. The summed E-state index contributed by atoms with van der Waals surface area (Å²) in [5, 5.41) is 16.9. The summed E-state index contributed by atoms with van der Waals surface area (Å²) in [4.78, 5) is 17.2. The van der Waals surface area contributed by atoms with Crippen molar-refractivity contribution < 1.29 is 9.53 Å². The SMILES string of the molecule is CC(C)n1nnnc1COc1cccc(C(=O)Nc2nc(-c3ccc(Br)cc3)cs2)c1. The number of hydrogen-bond acceptors (Lipinski definition) is 7. The monoisotopic (exact) mass is 498 g/mol. The van der Waals surface area contributed by atoms with Gasteiger partial charge in [-0.05, 0) is 54.6 Å². The summed E-state index contributed by atoms with van der Waals surface area (Å²) in [6.45, 7) is 4.19. The fraction of sp³-hybridized carbons (Fsp3) is 0.190.